The fraction of sp³-hybridized carbons (Fsp3) is 0.933. The molecule has 3 heterocycles. The Balaban J connectivity index is 1.56. The summed E-state index contributed by atoms with van der Waals surface area (Å²) in [4.78, 5) is 7.97. The summed E-state index contributed by atoms with van der Waals surface area (Å²) in [5, 5.41) is 7.65. The molecule has 3 aliphatic heterocycles. The predicted octanol–water partition coefficient (Wildman–Crippen LogP) is 1.59. The first kappa shape index (κ1) is 14.1. The zero-order valence-electron chi connectivity index (χ0n) is 12.6. The monoisotopic (exact) mass is 281 g/mol. The van der Waals surface area contributed by atoms with Crippen LogP contribution in [0.5, 0.6) is 0 Å². The molecule has 1 N–H and O–H groups in total. The molecule has 0 radical (unpaired) electrons. The van der Waals surface area contributed by atoms with Gasteiger partial charge in [0.05, 0.1) is 5.41 Å². The molecule has 0 unspecified atom stereocenters. The van der Waals surface area contributed by atoms with Crippen LogP contribution in [0.3, 0.4) is 0 Å². The third-order valence-corrected chi connectivity index (χ3v) is 4.71. The molecular weight excluding hydrogens is 254 g/mol. The van der Waals surface area contributed by atoms with Crippen LogP contribution in [-0.2, 0) is 9.57 Å². The summed E-state index contributed by atoms with van der Waals surface area (Å²) in [6, 6.07) is 0. The Hall–Kier alpha value is -0.810. The van der Waals surface area contributed by atoms with Crippen LogP contribution in [0.25, 0.3) is 0 Å². The lowest BCUT2D eigenvalue weighted by Gasteiger charge is -2.38. The topological polar surface area (TPSA) is 46.1 Å². The highest BCUT2D eigenvalue weighted by Gasteiger charge is 2.38. The highest BCUT2D eigenvalue weighted by atomic mass is 16.7. The molecule has 0 aromatic heterocycles. The maximum atomic E-state index is 6.17. The molecule has 5 heteroatoms. The molecule has 0 bridgehead atoms. The molecule has 2 fully saturated rings. The van der Waals surface area contributed by atoms with Gasteiger partial charge in [-0.1, -0.05) is 11.6 Å². The molecule has 2 atom stereocenters. The Bertz CT molecular complexity index is 347. The first-order chi connectivity index (χ1) is 9.76. The number of oxime groups is 1. The minimum absolute atomic E-state index is 0.00117. The summed E-state index contributed by atoms with van der Waals surface area (Å²) in [6.07, 6.45) is 6.44. The minimum atomic E-state index is -0.00117. The van der Waals surface area contributed by atoms with E-state index in [2.05, 4.69) is 22.3 Å². The quantitative estimate of drug-likeness (QED) is 0.853. The number of hydrogen-bond donors (Lipinski definition) is 1. The van der Waals surface area contributed by atoms with E-state index in [0.717, 1.165) is 32.0 Å². The van der Waals surface area contributed by atoms with E-state index in [0.29, 0.717) is 6.61 Å². The van der Waals surface area contributed by atoms with Gasteiger partial charge in [0.25, 0.3) is 0 Å². The Kier molecular flexibility index (Phi) is 4.46. The van der Waals surface area contributed by atoms with E-state index in [-0.39, 0.29) is 11.5 Å². The van der Waals surface area contributed by atoms with E-state index in [1.54, 1.807) is 0 Å². The largest absolute Gasteiger partial charge is 0.470 e. The number of rotatable bonds is 3. The van der Waals surface area contributed by atoms with Crippen LogP contribution in [0.4, 0.5) is 0 Å². The molecule has 20 heavy (non-hydrogen) atoms. The fourth-order valence-corrected chi connectivity index (χ4v) is 3.40. The highest BCUT2D eigenvalue weighted by molar-refractivity contribution is 5.82. The van der Waals surface area contributed by atoms with E-state index in [4.69, 9.17) is 9.57 Å². The molecule has 0 aromatic rings. The average molecular weight is 281 g/mol. The molecule has 0 amide bonds. The van der Waals surface area contributed by atoms with Crippen molar-refractivity contribution in [3.8, 4) is 0 Å². The summed E-state index contributed by atoms with van der Waals surface area (Å²) in [5.74, 6) is 0.804. The smallest absolute Gasteiger partial charge is 0.233 e. The second-order valence-corrected chi connectivity index (χ2v) is 6.63. The van der Waals surface area contributed by atoms with Gasteiger partial charge in [-0.05, 0) is 52.2 Å². The highest BCUT2D eigenvalue weighted by Crippen LogP contribution is 2.30. The fourth-order valence-electron chi connectivity index (χ4n) is 3.40. The van der Waals surface area contributed by atoms with Crippen molar-refractivity contribution in [3.05, 3.63) is 0 Å². The maximum absolute atomic E-state index is 6.17. The second kappa shape index (κ2) is 6.31. The van der Waals surface area contributed by atoms with Crippen molar-refractivity contribution < 1.29 is 9.57 Å². The van der Waals surface area contributed by atoms with Crippen LogP contribution in [0.2, 0.25) is 0 Å². The summed E-state index contributed by atoms with van der Waals surface area (Å²) in [5.41, 5.74) is -0.00117. The molecule has 0 spiro atoms. The molecule has 3 aliphatic rings. The molecule has 0 aliphatic carbocycles. The number of nitrogens with zero attached hydrogens (tertiary/aromatic N) is 2. The van der Waals surface area contributed by atoms with E-state index in [1.165, 1.54) is 38.8 Å². The third kappa shape index (κ3) is 3.26. The van der Waals surface area contributed by atoms with Crippen LogP contribution in [0.15, 0.2) is 5.16 Å². The van der Waals surface area contributed by atoms with Crippen molar-refractivity contribution >= 4 is 5.90 Å². The van der Waals surface area contributed by atoms with Crippen LogP contribution in [-0.4, -0.2) is 56.2 Å². The Morgan fingerprint density at radius 3 is 2.90 bits per heavy atom. The summed E-state index contributed by atoms with van der Waals surface area (Å²) in [6.45, 7) is 8.22. The Morgan fingerprint density at radius 1 is 1.30 bits per heavy atom. The molecule has 114 valence electrons. The van der Waals surface area contributed by atoms with Crippen molar-refractivity contribution in [2.75, 3.05) is 39.3 Å². The second-order valence-electron chi connectivity index (χ2n) is 6.63. The van der Waals surface area contributed by atoms with Crippen molar-refractivity contribution in [1.29, 1.82) is 0 Å². The molecule has 0 saturated carbocycles. The van der Waals surface area contributed by atoms with E-state index < -0.39 is 0 Å². The number of likely N-dealkylation sites (tertiary alicyclic amines) is 1. The predicted molar refractivity (Wildman–Crippen MR) is 78.8 cm³/mol. The van der Waals surface area contributed by atoms with Crippen molar-refractivity contribution in [1.82, 2.24) is 10.2 Å². The van der Waals surface area contributed by atoms with Crippen molar-refractivity contribution in [3.63, 3.8) is 0 Å². The van der Waals surface area contributed by atoms with Gasteiger partial charge in [0.2, 0.25) is 5.90 Å². The van der Waals surface area contributed by atoms with Gasteiger partial charge in [-0.25, -0.2) is 0 Å². The zero-order valence-corrected chi connectivity index (χ0v) is 12.6. The van der Waals surface area contributed by atoms with E-state index in [9.17, 15) is 0 Å². The molecule has 3 rings (SSSR count). The number of hydrogen-bond acceptors (Lipinski definition) is 5. The number of ether oxygens (including phenoxy) is 1. The average Bonchev–Trinajstić information content (AvgIpc) is 2.49. The van der Waals surface area contributed by atoms with Gasteiger partial charge in [0.15, 0.2) is 6.61 Å². The first-order valence-corrected chi connectivity index (χ1v) is 8.06. The van der Waals surface area contributed by atoms with Crippen LogP contribution >= 0.6 is 0 Å². The molecule has 5 nitrogen and oxygen atoms in total. The lowest BCUT2D eigenvalue weighted by Crippen LogP contribution is -2.49. The zero-order chi connectivity index (χ0) is 13.8. The maximum Gasteiger partial charge on any atom is 0.233 e. The van der Waals surface area contributed by atoms with Crippen molar-refractivity contribution in [2.24, 2.45) is 10.6 Å². The van der Waals surface area contributed by atoms with Crippen LogP contribution in [0.1, 0.15) is 39.0 Å². The van der Waals surface area contributed by atoms with E-state index in [1.807, 2.05) is 0 Å². The Labute approximate surface area is 121 Å². The van der Waals surface area contributed by atoms with Gasteiger partial charge in [-0.3, -0.25) is 4.90 Å². The van der Waals surface area contributed by atoms with Crippen LogP contribution < -0.4 is 5.32 Å². The lowest BCUT2D eigenvalue weighted by atomic mass is 9.82. The summed E-state index contributed by atoms with van der Waals surface area (Å²) in [7, 11) is 0. The van der Waals surface area contributed by atoms with Crippen LogP contribution in [0, 0.1) is 5.41 Å². The van der Waals surface area contributed by atoms with Gasteiger partial charge in [-0.2, -0.15) is 0 Å². The first-order valence-electron chi connectivity index (χ1n) is 8.06. The van der Waals surface area contributed by atoms with Gasteiger partial charge in [-0.15, -0.1) is 0 Å². The van der Waals surface area contributed by atoms with Crippen molar-refractivity contribution in [2.45, 2.75) is 45.1 Å². The van der Waals surface area contributed by atoms with Gasteiger partial charge in [0.1, 0.15) is 6.10 Å². The van der Waals surface area contributed by atoms with Gasteiger partial charge in [0, 0.05) is 13.1 Å². The normalized spacial score (nSPS) is 35.9. The standard InChI is InChI=1S/C15H27N3O2/c1-15(6-5-7-16-12-15)14-17-19-11-13(20-14)10-18-8-3-2-4-9-18/h13,16H,2-12H2,1H3/t13-,15+/m1/s1. The number of nitrogens with one attached hydrogen (secondary N) is 1. The van der Waals surface area contributed by atoms with E-state index >= 15 is 0 Å². The summed E-state index contributed by atoms with van der Waals surface area (Å²) < 4.78 is 6.17. The molecular formula is C15H27N3O2. The Morgan fingerprint density at radius 2 is 2.15 bits per heavy atom. The summed E-state index contributed by atoms with van der Waals surface area (Å²) >= 11 is 0. The van der Waals surface area contributed by atoms with Gasteiger partial charge < -0.3 is 14.9 Å². The number of piperidine rings is 2. The lowest BCUT2D eigenvalue weighted by molar-refractivity contribution is -0.0222. The third-order valence-electron chi connectivity index (χ3n) is 4.71. The molecule has 0 aromatic carbocycles. The van der Waals surface area contributed by atoms with Gasteiger partial charge >= 0.3 is 0 Å². The molecule has 2 saturated heterocycles. The minimum Gasteiger partial charge on any atom is -0.470 e. The SMILES string of the molecule is C[C@]1(C2=NOC[C@@H](CN3CCCCC3)O2)CCCNC1.